The lowest BCUT2D eigenvalue weighted by Gasteiger charge is -2.18. The Morgan fingerprint density at radius 1 is 1.16 bits per heavy atom. The van der Waals surface area contributed by atoms with Crippen molar-refractivity contribution in [2.75, 3.05) is 32.1 Å². The highest BCUT2D eigenvalue weighted by molar-refractivity contribution is 14.0. The van der Waals surface area contributed by atoms with Gasteiger partial charge in [-0.1, -0.05) is 0 Å². The molecule has 0 fully saturated rings. The third-order valence-corrected chi connectivity index (χ3v) is 5.28. The molecule has 32 heavy (non-hydrogen) atoms. The van der Waals surface area contributed by atoms with Gasteiger partial charge >= 0.3 is 0 Å². The standard InChI is InChI=1S/C23H26FN5O2.HI/c1-25-23(26-9-8-16-14-28-21-5-3-17(24)13-19(16)21)27-10-11-31-18-4-6-20-15(12-18)2-7-22(30)29-20;/h3-6,12-14,28H,2,7-11H2,1H3,(H,29,30)(H2,25,26,27);1H. The van der Waals surface area contributed by atoms with Gasteiger partial charge in [0, 0.05) is 42.8 Å². The van der Waals surface area contributed by atoms with E-state index in [1.54, 1.807) is 19.2 Å². The molecule has 9 heteroatoms. The summed E-state index contributed by atoms with van der Waals surface area (Å²) in [6.45, 7) is 1.74. The van der Waals surface area contributed by atoms with Gasteiger partial charge in [0.1, 0.15) is 18.2 Å². The fourth-order valence-corrected chi connectivity index (χ4v) is 3.68. The number of anilines is 1. The van der Waals surface area contributed by atoms with Gasteiger partial charge in [0.15, 0.2) is 5.96 Å². The number of ether oxygens (including phenoxy) is 1. The molecule has 3 aromatic rings. The van der Waals surface area contributed by atoms with Crippen molar-refractivity contribution < 1.29 is 13.9 Å². The van der Waals surface area contributed by atoms with Crippen LogP contribution in [0.25, 0.3) is 10.9 Å². The molecule has 4 N–H and O–H groups in total. The van der Waals surface area contributed by atoms with Gasteiger partial charge in [-0.05, 0) is 60.4 Å². The number of nitrogens with one attached hydrogen (secondary N) is 4. The fourth-order valence-electron chi connectivity index (χ4n) is 3.68. The summed E-state index contributed by atoms with van der Waals surface area (Å²) in [4.78, 5) is 18.8. The van der Waals surface area contributed by atoms with Crippen LogP contribution in [-0.4, -0.2) is 43.6 Å². The van der Waals surface area contributed by atoms with Crippen LogP contribution in [0.4, 0.5) is 10.1 Å². The van der Waals surface area contributed by atoms with E-state index in [0.29, 0.717) is 32.1 Å². The van der Waals surface area contributed by atoms with Crippen LogP contribution in [0.3, 0.4) is 0 Å². The Hall–Kier alpha value is -2.82. The second kappa shape index (κ2) is 11.2. The second-order valence-corrected chi connectivity index (χ2v) is 7.40. The number of hydrogen-bond donors (Lipinski definition) is 4. The number of nitrogens with zero attached hydrogens (tertiary/aromatic N) is 1. The van der Waals surface area contributed by atoms with Crippen LogP contribution in [0.1, 0.15) is 17.5 Å². The number of aromatic amines is 1. The molecule has 0 atom stereocenters. The summed E-state index contributed by atoms with van der Waals surface area (Å²) in [7, 11) is 1.72. The van der Waals surface area contributed by atoms with Gasteiger partial charge in [-0.25, -0.2) is 4.39 Å². The Morgan fingerprint density at radius 2 is 2.00 bits per heavy atom. The highest BCUT2D eigenvalue weighted by Gasteiger charge is 2.15. The third kappa shape index (κ3) is 5.90. The summed E-state index contributed by atoms with van der Waals surface area (Å²) in [5.41, 5.74) is 3.95. The van der Waals surface area contributed by atoms with Gasteiger partial charge < -0.3 is 25.7 Å². The van der Waals surface area contributed by atoms with E-state index in [9.17, 15) is 9.18 Å². The molecule has 0 bridgehead atoms. The summed E-state index contributed by atoms with van der Waals surface area (Å²) >= 11 is 0. The van der Waals surface area contributed by atoms with Crippen molar-refractivity contribution >= 4 is 52.4 Å². The Kier molecular flexibility index (Phi) is 8.32. The highest BCUT2D eigenvalue weighted by atomic mass is 127. The van der Waals surface area contributed by atoms with Crippen LogP contribution in [-0.2, 0) is 17.6 Å². The average molecular weight is 551 g/mol. The maximum absolute atomic E-state index is 13.5. The highest BCUT2D eigenvalue weighted by Crippen LogP contribution is 2.26. The number of benzene rings is 2. The Labute approximate surface area is 203 Å². The van der Waals surface area contributed by atoms with E-state index < -0.39 is 0 Å². The van der Waals surface area contributed by atoms with E-state index in [-0.39, 0.29) is 35.7 Å². The summed E-state index contributed by atoms with van der Waals surface area (Å²) in [6.07, 6.45) is 3.90. The zero-order valence-corrected chi connectivity index (χ0v) is 20.2. The van der Waals surface area contributed by atoms with E-state index in [1.807, 2.05) is 24.4 Å². The van der Waals surface area contributed by atoms with Gasteiger partial charge in [-0.3, -0.25) is 9.79 Å². The zero-order chi connectivity index (χ0) is 21.6. The Bertz CT molecular complexity index is 1110. The summed E-state index contributed by atoms with van der Waals surface area (Å²) in [6, 6.07) is 10.5. The Balaban J connectivity index is 0.00000289. The lowest BCUT2D eigenvalue weighted by atomic mass is 10.0. The predicted molar refractivity (Wildman–Crippen MR) is 136 cm³/mol. The average Bonchev–Trinajstić information content (AvgIpc) is 3.17. The first kappa shape index (κ1) is 23.8. The molecule has 2 heterocycles. The SMILES string of the molecule is CN=C(NCCOc1ccc2c(c1)CCC(=O)N2)NCCc1c[nH]c2ccc(F)cc12.I. The lowest BCUT2D eigenvalue weighted by Crippen LogP contribution is -2.40. The minimum atomic E-state index is -0.234. The number of aliphatic imine (C=N–C) groups is 1. The molecule has 1 aliphatic heterocycles. The first-order valence-electron chi connectivity index (χ1n) is 10.4. The number of guanidine groups is 1. The van der Waals surface area contributed by atoms with E-state index in [0.717, 1.165) is 46.3 Å². The number of hydrogen-bond acceptors (Lipinski definition) is 3. The molecule has 0 saturated heterocycles. The molecule has 7 nitrogen and oxygen atoms in total. The predicted octanol–water partition coefficient (Wildman–Crippen LogP) is 3.60. The molecule has 170 valence electrons. The van der Waals surface area contributed by atoms with Crippen LogP contribution in [0.15, 0.2) is 47.6 Å². The summed E-state index contributed by atoms with van der Waals surface area (Å²) < 4.78 is 19.3. The quantitative estimate of drug-likeness (QED) is 0.156. The minimum absolute atomic E-state index is 0. The topological polar surface area (TPSA) is 90.5 Å². The molecule has 0 radical (unpaired) electrons. The molecule has 0 unspecified atom stereocenters. The van der Waals surface area contributed by atoms with Gasteiger partial charge in [0.2, 0.25) is 5.91 Å². The van der Waals surface area contributed by atoms with Gasteiger partial charge in [-0.2, -0.15) is 0 Å². The molecule has 2 aromatic carbocycles. The first-order valence-corrected chi connectivity index (χ1v) is 10.4. The number of carbonyl (C=O) groups is 1. The number of halogens is 2. The Morgan fingerprint density at radius 3 is 2.84 bits per heavy atom. The van der Waals surface area contributed by atoms with Crippen molar-refractivity contribution in [3.05, 3.63) is 59.5 Å². The molecule has 1 amide bonds. The molecular formula is C23H27FIN5O2. The van der Waals surface area contributed by atoms with E-state index in [1.165, 1.54) is 6.07 Å². The third-order valence-electron chi connectivity index (χ3n) is 5.28. The summed E-state index contributed by atoms with van der Waals surface area (Å²) in [5, 5.41) is 10.3. The normalized spacial score (nSPS) is 13.2. The van der Waals surface area contributed by atoms with Gasteiger partial charge in [0.05, 0.1) is 6.54 Å². The number of rotatable bonds is 7. The second-order valence-electron chi connectivity index (χ2n) is 7.40. The monoisotopic (exact) mass is 551 g/mol. The number of aromatic nitrogens is 1. The zero-order valence-electron chi connectivity index (χ0n) is 17.8. The molecular weight excluding hydrogens is 524 g/mol. The molecule has 4 rings (SSSR count). The largest absolute Gasteiger partial charge is 0.492 e. The fraction of sp³-hybridized carbons (Fsp3) is 0.304. The molecule has 1 aromatic heterocycles. The minimum Gasteiger partial charge on any atom is -0.492 e. The molecule has 1 aliphatic rings. The first-order chi connectivity index (χ1) is 15.1. The van der Waals surface area contributed by atoms with E-state index in [2.05, 4.69) is 25.9 Å². The number of aryl methyl sites for hydroxylation is 1. The smallest absolute Gasteiger partial charge is 0.224 e. The summed E-state index contributed by atoms with van der Waals surface area (Å²) in [5.74, 6) is 1.29. The van der Waals surface area contributed by atoms with Crippen molar-refractivity contribution in [2.24, 2.45) is 4.99 Å². The van der Waals surface area contributed by atoms with E-state index >= 15 is 0 Å². The van der Waals surface area contributed by atoms with Crippen molar-refractivity contribution in [2.45, 2.75) is 19.3 Å². The van der Waals surface area contributed by atoms with Crippen molar-refractivity contribution in [1.82, 2.24) is 15.6 Å². The molecule has 0 saturated carbocycles. The van der Waals surface area contributed by atoms with Crippen LogP contribution in [0.2, 0.25) is 0 Å². The number of amides is 1. The van der Waals surface area contributed by atoms with Crippen LogP contribution in [0.5, 0.6) is 5.75 Å². The van der Waals surface area contributed by atoms with Crippen LogP contribution < -0.4 is 20.7 Å². The number of H-pyrrole nitrogens is 1. The maximum atomic E-state index is 13.5. The molecule has 0 aliphatic carbocycles. The van der Waals surface area contributed by atoms with Crippen molar-refractivity contribution in [1.29, 1.82) is 0 Å². The maximum Gasteiger partial charge on any atom is 0.224 e. The van der Waals surface area contributed by atoms with Crippen LogP contribution >= 0.6 is 24.0 Å². The lowest BCUT2D eigenvalue weighted by molar-refractivity contribution is -0.116. The van der Waals surface area contributed by atoms with Gasteiger partial charge in [-0.15, -0.1) is 24.0 Å². The number of fused-ring (bicyclic) bond motifs is 2. The number of carbonyl (C=O) groups excluding carboxylic acids is 1. The van der Waals surface area contributed by atoms with Crippen molar-refractivity contribution in [3.63, 3.8) is 0 Å². The van der Waals surface area contributed by atoms with E-state index in [4.69, 9.17) is 4.74 Å². The van der Waals surface area contributed by atoms with Gasteiger partial charge in [0.25, 0.3) is 0 Å². The molecule has 0 spiro atoms. The van der Waals surface area contributed by atoms with Crippen molar-refractivity contribution in [3.8, 4) is 5.75 Å². The van der Waals surface area contributed by atoms with Crippen LogP contribution in [0, 0.1) is 5.82 Å².